The number of carbonyl (C=O) groups excluding carboxylic acids is 1. The molecular weight excluding hydrogens is 152 g/mol. The minimum Gasteiger partial charge on any atom is -0.359 e. The Morgan fingerprint density at radius 1 is 1.58 bits per heavy atom. The summed E-state index contributed by atoms with van der Waals surface area (Å²) in [7, 11) is 1.70. The molecule has 0 saturated carbocycles. The van der Waals surface area contributed by atoms with Gasteiger partial charge in [-0.05, 0) is 19.4 Å². The number of carbonyl (C=O) groups is 1. The summed E-state index contributed by atoms with van der Waals surface area (Å²) < 4.78 is 0. The maximum absolute atomic E-state index is 11.3. The molecule has 2 N–H and O–H groups in total. The van der Waals surface area contributed by atoms with Gasteiger partial charge in [-0.25, -0.2) is 0 Å². The Morgan fingerprint density at radius 2 is 2.33 bits per heavy atom. The smallest absolute Gasteiger partial charge is 0.224 e. The van der Waals surface area contributed by atoms with Gasteiger partial charge in [-0.2, -0.15) is 0 Å². The molecule has 3 heteroatoms. The van der Waals surface area contributed by atoms with Crippen molar-refractivity contribution < 1.29 is 4.79 Å². The van der Waals surface area contributed by atoms with Gasteiger partial charge in [-0.3, -0.25) is 4.79 Å². The highest BCUT2D eigenvalue weighted by atomic mass is 16.1. The van der Waals surface area contributed by atoms with Gasteiger partial charge in [-0.1, -0.05) is 13.3 Å². The van der Waals surface area contributed by atoms with Crippen LogP contribution in [0.25, 0.3) is 0 Å². The predicted octanol–water partition coefficient (Wildman–Crippen LogP) is 0.511. The van der Waals surface area contributed by atoms with Crippen LogP contribution in [0.5, 0.6) is 0 Å². The fourth-order valence-corrected chi connectivity index (χ4v) is 1.72. The van der Waals surface area contributed by atoms with Crippen molar-refractivity contribution >= 4 is 5.91 Å². The second-order valence-electron chi connectivity index (χ2n) is 3.46. The summed E-state index contributed by atoms with van der Waals surface area (Å²) in [5, 5.41) is 6.06. The molecule has 1 fully saturated rings. The maximum Gasteiger partial charge on any atom is 0.224 e. The summed E-state index contributed by atoms with van der Waals surface area (Å²) >= 11 is 0. The molecule has 1 rings (SSSR count). The molecule has 3 nitrogen and oxygen atoms in total. The van der Waals surface area contributed by atoms with Crippen LogP contribution in [0.3, 0.4) is 0 Å². The molecule has 2 atom stereocenters. The quantitative estimate of drug-likeness (QED) is 0.634. The van der Waals surface area contributed by atoms with Crippen molar-refractivity contribution in [1.29, 1.82) is 0 Å². The zero-order chi connectivity index (χ0) is 8.97. The van der Waals surface area contributed by atoms with E-state index < -0.39 is 0 Å². The van der Waals surface area contributed by atoms with Crippen LogP contribution in [0.4, 0.5) is 0 Å². The van der Waals surface area contributed by atoms with Crippen LogP contribution in [-0.2, 0) is 4.79 Å². The lowest BCUT2D eigenvalue weighted by Gasteiger charge is -2.27. The average Bonchev–Trinajstić information content (AvgIpc) is 2.17. The molecule has 0 bridgehead atoms. The van der Waals surface area contributed by atoms with Crippen LogP contribution in [-0.4, -0.2) is 25.5 Å². The Morgan fingerprint density at radius 3 is 2.83 bits per heavy atom. The Bertz CT molecular complexity index is 153. The summed E-state index contributed by atoms with van der Waals surface area (Å²) in [6.45, 7) is 3.05. The van der Waals surface area contributed by atoms with Gasteiger partial charge < -0.3 is 10.6 Å². The highest BCUT2D eigenvalue weighted by Gasteiger charge is 2.23. The summed E-state index contributed by atoms with van der Waals surface area (Å²) in [5.41, 5.74) is 0. The first-order chi connectivity index (χ1) is 5.75. The molecule has 1 saturated heterocycles. The van der Waals surface area contributed by atoms with Crippen LogP contribution in [0.15, 0.2) is 0 Å². The van der Waals surface area contributed by atoms with E-state index in [4.69, 9.17) is 0 Å². The van der Waals surface area contributed by atoms with Gasteiger partial charge in [0.05, 0.1) is 5.92 Å². The summed E-state index contributed by atoms with van der Waals surface area (Å²) in [5.74, 6) is 0.254. The molecule has 0 unspecified atom stereocenters. The van der Waals surface area contributed by atoms with Crippen LogP contribution in [0.1, 0.15) is 26.2 Å². The molecule has 1 amide bonds. The van der Waals surface area contributed by atoms with E-state index in [2.05, 4.69) is 10.6 Å². The van der Waals surface area contributed by atoms with E-state index in [-0.39, 0.29) is 11.8 Å². The molecule has 0 radical (unpaired) electrons. The van der Waals surface area contributed by atoms with Gasteiger partial charge in [0.15, 0.2) is 0 Å². The number of nitrogens with one attached hydrogen (secondary N) is 2. The maximum atomic E-state index is 11.3. The molecule has 70 valence electrons. The average molecular weight is 170 g/mol. The van der Waals surface area contributed by atoms with Crippen molar-refractivity contribution in [3.05, 3.63) is 0 Å². The molecule has 1 aliphatic rings. The molecule has 12 heavy (non-hydrogen) atoms. The Balaban J connectivity index is 2.39. The van der Waals surface area contributed by atoms with E-state index in [0.29, 0.717) is 6.04 Å². The third kappa shape index (κ3) is 2.21. The van der Waals surface area contributed by atoms with Crippen LogP contribution in [0.2, 0.25) is 0 Å². The van der Waals surface area contributed by atoms with Crippen molar-refractivity contribution in [3.8, 4) is 0 Å². The highest BCUT2D eigenvalue weighted by Crippen LogP contribution is 2.14. The van der Waals surface area contributed by atoms with E-state index >= 15 is 0 Å². The van der Waals surface area contributed by atoms with E-state index in [1.54, 1.807) is 7.05 Å². The van der Waals surface area contributed by atoms with E-state index in [0.717, 1.165) is 13.0 Å². The monoisotopic (exact) mass is 170 g/mol. The second kappa shape index (κ2) is 4.45. The first kappa shape index (κ1) is 9.52. The fraction of sp³-hybridized carbons (Fsp3) is 0.889. The minimum absolute atomic E-state index is 0.107. The van der Waals surface area contributed by atoms with Crippen LogP contribution < -0.4 is 10.6 Å². The number of amides is 1. The molecule has 0 aromatic rings. The second-order valence-corrected chi connectivity index (χ2v) is 3.46. The van der Waals surface area contributed by atoms with Crippen LogP contribution in [0, 0.1) is 5.92 Å². The van der Waals surface area contributed by atoms with Gasteiger partial charge in [-0.15, -0.1) is 0 Å². The van der Waals surface area contributed by atoms with Crippen molar-refractivity contribution in [2.45, 2.75) is 32.2 Å². The lowest BCUT2D eigenvalue weighted by Crippen LogP contribution is -2.44. The van der Waals surface area contributed by atoms with Crippen molar-refractivity contribution in [2.24, 2.45) is 5.92 Å². The largest absolute Gasteiger partial charge is 0.359 e. The minimum atomic E-state index is 0.107. The molecule has 1 aliphatic heterocycles. The number of hydrogen-bond donors (Lipinski definition) is 2. The van der Waals surface area contributed by atoms with Gasteiger partial charge >= 0.3 is 0 Å². The lowest BCUT2D eigenvalue weighted by molar-refractivity contribution is -0.125. The Hall–Kier alpha value is -0.570. The zero-order valence-electron chi connectivity index (χ0n) is 7.89. The van der Waals surface area contributed by atoms with Crippen molar-refractivity contribution in [3.63, 3.8) is 0 Å². The lowest BCUT2D eigenvalue weighted by atomic mass is 9.93. The molecule has 0 aromatic carbocycles. The first-order valence-electron chi connectivity index (χ1n) is 4.70. The van der Waals surface area contributed by atoms with Crippen molar-refractivity contribution in [1.82, 2.24) is 10.6 Å². The summed E-state index contributed by atoms with van der Waals surface area (Å²) in [4.78, 5) is 11.3. The predicted molar refractivity (Wildman–Crippen MR) is 48.9 cm³/mol. The van der Waals surface area contributed by atoms with Crippen LogP contribution >= 0.6 is 0 Å². The number of piperidine rings is 1. The van der Waals surface area contributed by atoms with E-state index in [1.165, 1.54) is 12.8 Å². The van der Waals surface area contributed by atoms with Gasteiger partial charge in [0.2, 0.25) is 5.91 Å². The van der Waals surface area contributed by atoms with Gasteiger partial charge in [0, 0.05) is 13.1 Å². The van der Waals surface area contributed by atoms with Gasteiger partial charge in [0.25, 0.3) is 0 Å². The number of hydrogen-bond acceptors (Lipinski definition) is 2. The third-order valence-corrected chi connectivity index (χ3v) is 2.61. The topological polar surface area (TPSA) is 41.1 Å². The van der Waals surface area contributed by atoms with E-state index in [1.807, 2.05) is 6.92 Å². The SMILES string of the molecule is CNC(=O)[C@H](C)[C@H]1CCCCN1. The molecule has 0 aliphatic carbocycles. The fourth-order valence-electron chi connectivity index (χ4n) is 1.72. The van der Waals surface area contributed by atoms with Gasteiger partial charge in [0.1, 0.15) is 0 Å². The normalized spacial score (nSPS) is 26.3. The zero-order valence-corrected chi connectivity index (χ0v) is 7.89. The van der Waals surface area contributed by atoms with E-state index in [9.17, 15) is 4.79 Å². The Labute approximate surface area is 73.9 Å². The molecular formula is C9H18N2O. The molecule has 1 heterocycles. The molecule has 0 spiro atoms. The third-order valence-electron chi connectivity index (χ3n) is 2.61. The highest BCUT2D eigenvalue weighted by molar-refractivity contribution is 5.78. The summed E-state index contributed by atoms with van der Waals surface area (Å²) in [6, 6.07) is 0.388. The standard InChI is InChI=1S/C9H18N2O/c1-7(9(12)10-2)8-5-3-4-6-11-8/h7-8,11H,3-6H2,1-2H3,(H,10,12)/t7-,8-/m1/s1. The number of rotatable bonds is 2. The summed E-state index contributed by atoms with van der Waals surface area (Å²) in [6.07, 6.45) is 3.63. The van der Waals surface area contributed by atoms with Crippen molar-refractivity contribution in [2.75, 3.05) is 13.6 Å². The molecule has 0 aromatic heterocycles. The first-order valence-corrected chi connectivity index (χ1v) is 4.70. The Kier molecular flexibility index (Phi) is 3.53.